The number of hydrogen-bond acceptors (Lipinski definition) is 5. The number of hydrazine groups is 1. The molecule has 1 aliphatic heterocycles. The molecule has 2 N–H and O–H groups in total. The van der Waals surface area contributed by atoms with Crippen molar-refractivity contribution in [3.63, 3.8) is 0 Å². The molecule has 6 nitrogen and oxygen atoms in total. The lowest BCUT2D eigenvalue weighted by atomic mass is 9.99. The Bertz CT molecular complexity index is 891. The molecule has 7 heteroatoms. The zero-order chi connectivity index (χ0) is 23.6. The van der Waals surface area contributed by atoms with E-state index < -0.39 is 0 Å². The Labute approximate surface area is 196 Å². The highest BCUT2D eigenvalue weighted by Gasteiger charge is 2.24. The van der Waals surface area contributed by atoms with Gasteiger partial charge in [0.15, 0.2) is 0 Å². The van der Waals surface area contributed by atoms with Crippen LogP contribution in [0.4, 0.5) is 4.39 Å². The fraction of sp³-hybridized carbons (Fsp3) is 0.500. The Morgan fingerprint density at radius 3 is 2.58 bits per heavy atom. The first-order valence-electron chi connectivity index (χ1n) is 11.7. The summed E-state index contributed by atoms with van der Waals surface area (Å²) in [5.74, 6) is 1.49. The number of hydrogen-bond donors (Lipinski definition) is 2. The van der Waals surface area contributed by atoms with Crippen LogP contribution in [0.3, 0.4) is 0 Å². The number of aryl methyl sites for hydroxylation is 1. The van der Waals surface area contributed by atoms with Crippen molar-refractivity contribution in [2.75, 3.05) is 27.8 Å². The van der Waals surface area contributed by atoms with Crippen LogP contribution in [0.5, 0.6) is 11.5 Å². The lowest BCUT2D eigenvalue weighted by Crippen LogP contribution is -2.30. The SMILES string of the molecule is COc1ccc(OC)c(CCC(=O)N(C)CCCCCC2CC(c3ccc(F)cc3)NN2)c1. The van der Waals surface area contributed by atoms with E-state index in [4.69, 9.17) is 9.47 Å². The molecule has 1 saturated heterocycles. The number of carbonyl (C=O) groups excluding carboxylic acids is 1. The van der Waals surface area contributed by atoms with Gasteiger partial charge in [0.1, 0.15) is 17.3 Å². The number of amides is 1. The van der Waals surface area contributed by atoms with Crippen LogP contribution in [-0.2, 0) is 11.2 Å². The van der Waals surface area contributed by atoms with Crippen molar-refractivity contribution in [2.24, 2.45) is 0 Å². The van der Waals surface area contributed by atoms with Gasteiger partial charge in [0.25, 0.3) is 0 Å². The Balaban J connectivity index is 1.31. The standard InChI is InChI=1S/C26H36FN3O3/c1-30(26(31)15-10-20-17-23(32-2)13-14-25(20)33-3)16-6-4-5-7-22-18-24(29-28-22)19-8-11-21(27)12-9-19/h8-9,11-14,17,22,24,28-29H,4-7,10,15-16,18H2,1-3H3. The summed E-state index contributed by atoms with van der Waals surface area (Å²) in [7, 11) is 5.15. The third-order valence-electron chi connectivity index (χ3n) is 6.32. The largest absolute Gasteiger partial charge is 0.497 e. The molecule has 33 heavy (non-hydrogen) atoms. The molecule has 0 aromatic heterocycles. The van der Waals surface area contributed by atoms with Crippen molar-refractivity contribution in [3.05, 3.63) is 59.4 Å². The minimum absolute atomic E-state index is 0.142. The number of nitrogens with one attached hydrogen (secondary N) is 2. The smallest absolute Gasteiger partial charge is 0.222 e. The second-order valence-electron chi connectivity index (χ2n) is 8.67. The summed E-state index contributed by atoms with van der Waals surface area (Å²) in [4.78, 5) is 14.4. The second kappa shape index (κ2) is 12.6. The van der Waals surface area contributed by atoms with Crippen LogP contribution < -0.4 is 20.3 Å². The first kappa shape index (κ1) is 25.0. The van der Waals surface area contributed by atoms with Crippen LogP contribution in [0.15, 0.2) is 42.5 Å². The van der Waals surface area contributed by atoms with Gasteiger partial charge in [0.2, 0.25) is 5.91 Å². The van der Waals surface area contributed by atoms with Gasteiger partial charge < -0.3 is 14.4 Å². The summed E-state index contributed by atoms with van der Waals surface area (Å²) >= 11 is 0. The van der Waals surface area contributed by atoms with E-state index in [-0.39, 0.29) is 17.8 Å². The molecule has 1 amide bonds. The number of unbranched alkanes of at least 4 members (excludes halogenated alkanes) is 2. The maximum Gasteiger partial charge on any atom is 0.222 e. The van der Waals surface area contributed by atoms with E-state index >= 15 is 0 Å². The zero-order valence-corrected chi connectivity index (χ0v) is 19.9. The molecule has 180 valence electrons. The van der Waals surface area contributed by atoms with E-state index in [2.05, 4.69) is 10.9 Å². The topological polar surface area (TPSA) is 62.8 Å². The molecule has 2 aromatic rings. The fourth-order valence-corrected chi connectivity index (χ4v) is 4.28. The molecular weight excluding hydrogens is 421 g/mol. The normalized spacial score (nSPS) is 17.7. The highest BCUT2D eigenvalue weighted by Crippen LogP contribution is 2.26. The summed E-state index contributed by atoms with van der Waals surface area (Å²) in [5, 5.41) is 0. The number of ether oxygens (including phenoxy) is 2. The number of rotatable bonds is 12. The maximum atomic E-state index is 13.1. The second-order valence-corrected chi connectivity index (χ2v) is 8.67. The van der Waals surface area contributed by atoms with Crippen LogP contribution in [0.2, 0.25) is 0 Å². The number of halogens is 1. The average Bonchev–Trinajstić information content (AvgIpc) is 3.31. The molecule has 1 fully saturated rings. The van der Waals surface area contributed by atoms with E-state index in [0.717, 1.165) is 61.3 Å². The Morgan fingerprint density at radius 2 is 1.85 bits per heavy atom. The van der Waals surface area contributed by atoms with Gasteiger partial charge in [0, 0.05) is 32.1 Å². The Kier molecular flexibility index (Phi) is 9.51. The number of nitrogens with zero attached hydrogens (tertiary/aromatic N) is 1. The predicted octanol–water partition coefficient (Wildman–Crippen LogP) is 4.40. The van der Waals surface area contributed by atoms with Crippen molar-refractivity contribution in [3.8, 4) is 11.5 Å². The summed E-state index contributed by atoms with van der Waals surface area (Å²) in [6, 6.07) is 13.0. The lowest BCUT2D eigenvalue weighted by Gasteiger charge is -2.18. The van der Waals surface area contributed by atoms with Crippen molar-refractivity contribution in [1.82, 2.24) is 15.8 Å². The molecule has 2 unspecified atom stereocenters. The van der Waals surface area contributed by atoms with Crippen LogP contribution in [0, 0.1) is 5.82 Å². The van der Waals surface area contributed by atoms with Gasteiger partial charge >= 0.3 is 0 Å². The monoisotopic (exact) mass is 457 g/mol. The Morgan fingerprint density at radius 1 is 1.06 bits per heavy atom. The van der Waals surface area contributed by atoms with E-state index in [1.165, 1.54) is 12.1 Å². The predicted molar refractivity (Wildman–Crippen MR) is 128 cm³/mol. The van der Waals surface area contributed by atoms with Gasteiger partial charge in [-0.25, -0.2) is 4.39 Å². The van der Waals surface area contributed by atoms with Crippen molar-refractivity contribution in [1.29, 1.82) is 0 Å². The molecule has 1 aliphatic rings. The van der Waals surface area contributed by atoms with Crippen LogP contribution >= 0.6 is 0 Å². The summed E-state index contributed by atoms with van der Waals surface area (Å²) in [5.41, 5.74) is 8.77. The third kappa shape index (κ3) is 7.44. The quantitative estimate of drug-likeness (QED) is 0.463. The molecule has 3 rings (SSSR count). The summed E-state index contributed by atoms with van der Waals surface area (Å²) in [6.07, 6.45) is 6.34. The van der Waals surface area contributed by atoms with Crippen molar-refractivity contribution < 1.29 is 18.7 Å². The average molecular weight is 458 g/mol. The molecule has 2 aromatic carbocycles. The van der Waals surface area contributed by atoms with Crippen molar-refractivity contribution >= 4 is 5.91 Å². The van der Waals surface area contributed by atoms with E-state index in [1.807, 2.05) is 42.3 Å². The van der Waals surface area contributed by atoms with Gasteiger partial charge in [-0.3, -0.25) is 15.6 Å². The molecule has 0 saturated carbocycles. The molecule has 0 aliphatic carbocycles. The minimum Gasteiger partial charge on any atom is -0.497 e. The number of carbonyl (C=O) groups is 1. The highest BCUT2D eigenvalue weighted by atomic mass is 19.1. The first-order valence-corrected chi connectivity index (χ1v) is 11.7. The first-order chi connectivity index (χ1) is 16.0. The molecule has 0 spiro atoms. The zero-order valence-electron chi connectivity index (χ0n) is 19.9. The number of benzene rings is 2. The van der Waals surface area contributed by atoms with Crippen LogP contribution in [0.1, 0.15) is 55.7 Å². The maximum absolute atomic E-state index is 13.1. The fourth-order valence-electron chi connectivity index (χ4n) is 4.28. The summed E-state index contributed by atoms with van der Waals surface area (Å²) < 4.78 is 23.8. The Hall–Kier alpha value is -2.64. The molecule has 2 atom stereocenters. The van der Waals surface area contributed by atoms with Crippen LogP contribution in [-0.4, -0.2) is 44.7 Å². The van der Waals surface area contributed by atoms with Gasteiger partial charge in [-0.15, -0.1) is 0 Å². The molecule has 0 bridgehead atoms. The van der Waals surface area contributed by atoms with Gasteiger partial charge in [-0.05, 0) is 67.1 Å². The number of methoxy groups -OCH3 is 2. The van der Waals surface area contributed by atoms with E-state index in [0.29, 0.717) is 18.9 Å². The van der Waals surface area contributed by atoms with Gasteiger partial charge in [-0.1, -0.05) is 25.0 Å². The van der Waals surface area contributed by atoms with E-state index in [9.17, 15) is 9.18 Å². The third-order valence-corrected chi connectivity index (χ3v) is 6.32. The van der Waals surface area contributed by atoms with Gasteiger partial charge in [-0.2, -0.15) is 0 Å². The molecule has 0 radical (unpaired) electrons. The minimum atomic E-state index is -0.204. The lowest BCUT2D eigenvalue weighted by molar-refractivity contribution is -0.129. The van der Waals surface area contributed by atoms with E-state index in [1.54, 1.807) is 14.2 Å². The highest BCUT2D eigenvalue weighted by molar-refractivity contribution is 5.76. The van der Waals surface area contributed by atoms with Crippen molar-refractivity contribution in [2.45, 2.75) is 57.0 Å². The molecule has 1 heterocycles. The van der Waals surface area contributed by atoms with Gasteiger partial charge in [0.05, 0.1) is 14.2 Å². The summed E-state index contributed by atoms with van der Waals surface area (Å²) in [6.45, 7) is 0.766. The van der Waals surface area contributed by atoms with Crippen LogP contribution in [0.25, 0.3) is 0 Å². The molecular formula is C26H36FN3O3.